The summed E-state index contributed by atoms with van der Waals surface area (Å²) in [6, 6.07) is 6.92. The van der Waals surface area contributed by atoms with Crippen LogP contribution < -0.4 is 0 Å². The molecule has 0 fully saturated rings. The zero-order valence-electron chi connectivity index (χ0n) is 9.24. The van der Waals surface area contributed by atoms with Gasteiger partial charge in [-0.05, 0) is 23.1 Å². The van der Waals surface area contributed by atoms with Gasteiger partial charge in [0.25, 0.3) is 0 Å². The fraction of sp³-hybridized carbons (Fsp3) is 0.500. The predicted molar refractivity (Wildman–Crippen MR) is 61.9 cm³/mol. The summed E-state index contributed by atoms with van der Waals surface area (Å²) in [5.41, 5.74) is 0.284. The normalized spacial score (nSPS) is 16.1. The molecule has 15 heavy (non-hydrogen) atoms. The Morgan fingerprint density at radius 3 is 2.27 bits per heavy atom. The molecule has 0 saturated heterocycles. The van der Waals surface area contributed by atoms with E-state index in [1.165, 1.54) is 0 Å². The van der Waals surface area contributed by atoms with Crippen LogP contribution in [0, 0.1) is 5.41 Å². The lowest BCUT2D eigenvalue weighted by molar-refractivity contribution is -0.0458. The fourth-order valence-corrected chi connectivity index (χ4v) is 1.55. The van der Waals surface area contributed by atoms with Gasteiger partial charge in [0.1, 0.15) is 6.10 Å². The molecule has 2 unspecified atom stereocenters. The number of halogens is 1. The minimum absolute atomic E-state index is 0.359. The van der Waals surface area contributed by atoms with Crippen molar-refractivity contribution >= 4 is 11.6 Å². The highest BCUT2D eigenvalue weighted by Crippen LogP contribution is 2.30. The Morgan fingerprint density at radius 2 is 1.80 bits per heavy atom. The number of aliphatic hydroxyl groups excluding tert-OH is 2. The van der Waals surface area contributed by atoms with E-state index in [4.69, 9.17) is 11.6 Å². The third-order valence-corrected chi connectivity index (χ3v) is 2.61. The molecule has 0 saturated carbocycles. The Hall–Kier alpha value is -0.570. The van der Waals surface area contributed by atoms with E-state index in [1.807, 2.05) is 20.8 Å². The van der Waals surface area contributed by atoms with E-state index < -0.39 is 12.2 Å². The lowest BCUT2D eigenvalue weighted by atomic mass is 9.84. The van der Waals surface area contributed by atoms with Gasteiger partial charge in [0.05, 0.1) is 6.10 Å². The Labute approximate surface area is 95.5 Å². The smallest absolute Gasteiger partial charge is 0.105 e. The summed E-state index contributed by atoms with van der Waals surface area (Å²) in [7, 11) is 0. The molecule has 1 rings (SSSR count). The summed E-state index contributed by atoms with van der Waals surface area (Å²) in [4.78, 5) is 0. The zero-order chi connectivity index (χ0) is 11.6. The van der Waals surface area contributed by atoms with Crippen LogP contribution in [0.2, 0.25) is 5.02 Å². The fourth-order valence-electron chi connectivity index (χ4n) is 1.35. The topological polar surface area (TPSA) is 40.5 Å². The van der Waals surface area contributed by atoms with Crippen LogP contribution in [-0.4, -0.2) is 16.3 Å². The molecule has 0 aliphatic rings. The van der Waals surface area contributed by atoms with Gasteiger partial charge in [0.2, 0.25) is 0 Å². The average molecular weight is 229 g/mol. The van der Waals surface area contributed by atoms with E-state index in [9.17, 15) is 10.2 Å². The molecule has 2 nitrogen and oxygen atoms in total. The maximum absolute atomic E-state index is 9.94. The van der Waals surface area contributed by atoms with Crippen molar-refractivity contribution in [2.75, 3.05) is 0 Å². The molecule has 3 heteroatoms. The van der Waals surface area contributed by atoms with Crippen LogP contribution >= 0.6 is 11.6 Å². The van der Waals surface area contributed by atoms with Crippen LogP contribution in [-0.2, 0) is 0 Å². The van der Waals surface area contributed by atoms with Crippen LogP contribution in [0.15, 0.2) is 24.3 Å². The number of hydrogen-bond donors (Lipinski definition) is 2. The van der Waals surface area contributed by atoms with E-state index in [1.54, 1.807) is 24.3 Å². The molecule has 0 bridgehead atoms. The van der Waals surface area contributed by atoms with Gasteiger partial charge in [-0.3, -0.25) is 0 Å². The summed E-state index contributed by atoms with van der Waals surface area (Å²) < 4.78 is 0. The van der Waals surface area contributed by atoms with Gasteiger partial charge < -0.3 is 10.2 Å². The Morgan fingerprint density at radius 1 is 1.20 bits per heavy atom. The summed E-state index contributed by atoms with van der Waals surface area (Å²) in [5.74, 6) is 0. The molecular weight excluding hydrogens is 212 g/mol. The Bertz CT molecular complexity index is 331. The molecular formula is C12H17ClO2. The third kappa shape index (κ3) is 3.20. The quantitative estimate of drug-likeness (QED) is 0.817. The number of aliphatic hydroxyl groups is 2. The Balaban J connectivity index is 2.90. The predicted octanol–water partition coefficient (Wildman–Crippen LogP) is 2.78. The minimum atomic E-state index is -0.899. The lowest BCUT2D eigenvalue weighted by Crippen LogP contribution is -2.32. The molecule has 1 aromatic carbocycles. The van der Waals surface area contributed by atoms with Crippen molar-refractivity contribution in [1.29, 1.82) is 0 Å². The maximum atomic E-state index is 9.94. The summed E-state index contributed by atoms with van der Waals surface area (Å²) >= 11 is 5.82. The molecule has 0 aliphatic heterocycles. The molecule has 0 heterocycles. The highest BCUT2D eigenvalue weighted by molar-refractivity contribution is 6.30. The maximum Gasteiger partial charge on any atom is 0.105 e. The second kappa shape index (κ2) is 4.52. The van der Waals surface area contributed by atoms with Gasteiger partial charge in [-0.1, -0.05) is 44.5 Å². The second-order valence-corrected chi connectivity index (χ2v) is 5.25. The lowest BCUT2D eigenvalue weighted by Gasteiger charge is -2.30. The van der Waals surface area contributed by atoms with Crippen molar-refractivity contribution in [3.8, 4) is 0 Å². The average Bonchev–Trinajstić information content (AvgIpc) is 2.14. The van der Waals surface area contributed by atoms with Crippen LogP contribution in [0.25, 0.3) is 0 Å². The molecule has 0 aromatic heterocycles. The standard InChI is InChI=1S/C12H17ClO2/c1-12(2,3)11(15)10(14)8-5-4-6-9(13)7-8/h4-7,10-11,14-15H,1-3H3. The molecule has 2 N–H and O–H groups in total. The zero-order valence-corrected chi connectivity index (χ0v) is 9.99. The molecule has 0 spiro atoms. The molecule has 0 aliphatic carbocycles. The third-order valence-electron chi connectivity index (χ3n) is 2.38. The minimum Gasteiger partial charge on any atom is -0.390 e. The van der Waals surface area contributed by atoms with Crippen molar-refractivity contribution in [3.63, 3.8) is 0 Å². The first-order chi connectivity index (χ1) is 6.82. The highest BCUT2D eigenvalue weighted by Gasteiger charge is 2.30. The summed E-state index contributed by atoms with van der Waals surface area (Å²) in [6.07, 6.45) is -1.71. The first kappa shape index (κ1) is 12.5. The van der Waals surface area contributed by atoms with E-state index in [0.29, 0.717) is 10.6 Å². The van der Waals surface area contributed by atoms with Crippen molar-refractivity contribution in [2.45, 2.75) is 33.0 Å². The van der Waals surface area contributed by atoms with Crippen LogP contribution in [0.4, 0.5) is 0 Å². The van der Waals surface area contributed by atoms with Crippen molar-refractivity contribution < 1.29 is 10.2 Å². The Kier molecular flexibility index (Phi) is 3.77. The SMILES string of the molecule is CC(C)(C)C(O)C(O)c1cccc(Cl)c1. The summed E-state index contributed by atoms with van der Waals surface area (Å²) in [6.45, 7) is 5.64. The van der Waals surface area contributed by atoms with E-state index >= 15 is 0 Å². The van der Waals surface area contributed by atoms with Gasteiger partial charge >= 0.3 is 0 Å². The second-order valence-electron chi connectivity index (χ2n) is 4.81. The van der Waals surface area contributed by atoms with Crippen molar-refractivity contribution in [3.05, 3.63) is 34.9 Å². The van der Waals surface area contributed by atoms with Gasteiger partial charge in [-0.25, -0.2) is 0 Å². The molecule has 84 valence electrons. The van der Waals surface area contributed by atoms with E-state index in [-0.39, 0.29) is 5.41 Å². The first-order valence-electron chi connectivity index (χ1n) is 4.94. The largest absolute Gasteiger partial charge is 0.390 e. The van der Waals surface area contributed by atoms with Gasteiger partial charge in [-0.2, -0.15) is 0 Å². The molecule has 1 aromatic rings. The number of benzene rings is 1. The van der Waals surface area contributed by atoms with E-state index in [0.717, 1.165) is 0 Å². The van der Waals surface area contributed by atoms with Crippen molar-refractivity contribution in [2.24, 2.45) is 5.41 Å². The first-order valence-corrected chi connectivity index (χ1v) is 5.32. The molecule has 0 radical (unpaired) electrons. The molecule has 0 amide bonds. The number of hydrogen-bond acceptors (Lipinski definition) is 2. The van der Waals surface area contributed by atoms with Gasteiger partial charge in [-0.15, -0.1) is 0 Å². The van der Waals surface area contributed by atoms with Crippen LogP contribution in [0.5, 0.6) is 0 Å². The van der Waals surface area contributed by atoms with Gasteiger partial charge in [0.15, 0.2) is 0 Å². The monoisotopic (exact) mass is 228 g/mol. The van der Waals surface area contributed by atoms with Crippen LogP contribution in [0.3, 0.4) is 0 Å². The van der Waals surface area contributed by atoms with Gasteiger partial charge in [0, 0.05) is 5.02 Å². The van der Waals surface area contributed by atoms with Crippen molar-refractivity contribution in [1.82, 2.24) is 0 Å². The number of rotatable bonds is 2. The summed E-state index contributed by atoms with van der Waals surface area (Å²) in [5, 5.41) is 20.4. The molecule has 2 atom stereocenters. The van der Waals surface area contributed by atoms with E-state index in [2.05, 4.69) is 0 Å². The highest BCUT2D eigenvalue weighted by atomic mass is 35.5. The van der Waals surface area contributed by atoms with Crippen LogP contribution in [0.1, 0.15) is 32.4 Å².